The molecule has 0 saturated carbocycles. The molecule has 0 unspecified atom stereocenters. The van der Waals surface area contributed by atoms with E-state index < -0.39 is 10.0 Å². The minimum absolute atomic E-state index is 0.515. The zero-order chi connectivity index (χ0) is 15.3. The van der Waals surface area contributed by atoms with Gasteiger partial charge in [-0.2, -0.15) is 4.31 Å². The van der Waals surface area contributed by atoms with Crippen LogP contribution >= 0.6 is 15.9 Å². The molecule has 0 bridgehead atoms. The molecule has 22 heavy (non-hydrogen) atoms. The van der Waals surface area contributed by atoms with Crippen LogP contribution in [-0.2, 0) is 22.9 Å². The maximum atomic E-state index is 13.1. The molecule has 0 atom stereocenters. The average molecular weight is 380 g/mol. The van der Waals surface area contributed by atoms with Gasteiger partial charge in [0.1, 0.15) is 0 Å². The molecule has 0 aromatic heterocycles. The summed E-state index contributed by atoms with van der Waals surface area (Å²) in [6, 6.07) is 8.08. The Morgan fingerprint density at radius 1 is 1.05 bits per heavy atom. The smallest absolute Gasteiger partial charge is 0.207 e. The monoisotopic (exact) mass is 379 g/mol. The fourth-order valence-electron chi connectivity index (χ4n) is 3.77. The Kier molecular flexibility index (Phi) is 3.55. The fourth-order valence-corrected chi connectivity index (χ4v) is 6.28. The standard InChI is InChI=1S/C17H18BrNO2S/c18-15-11-16(22(20,21)19-9-1-2-10-19)14-8-4-6-12-5-3-7-13(15)17(12)14/h3,5,7,11H,1-2,4,6,8-10H2. The number of aryl methyl sites for hydroxylation is 2. The van der Waals surface area contributed by atoms with E-state index in [0.29, 0.717) is 18.0 Å². The van der Waals surface area contributed by atoms with Gasteiger partial charge in [-0.1, -0.05) is 34.1 Å². The molecule has 0 radical (unpaired) electrons. The molecule has 3 nitrogen and oxygen atoms in total. The van der Waals surface area contributed by atoms with Crippen molar-refractivity contribution >= 4 is 36.7 Å². The van der Waals surface area contributed by atoms with Crippen LogP contribution in [0.3, 0.4) is 0 Å². The number of sulfonamides is 1. The number of nitrogens with zero attached hydrogens (tertiary/aromatic N) is 1. The van der Waals surface area contributed by atoms with Gasteiger partial charge in [-0.25, -0.2) is 8.42 Å². The van der Waals surface area contributed by atoms with Gasteiger partial charge in [0.2, 0.25) is 10.0 Å². The molecule has 1 aliphatic heterocycles. The van der Waals surface area contributed by atoms with Crippen molar-refractivity contribution in [1.29, 1.82) is 0 Å². The molecule has 4 rings (SSSR count). The number of hydrogen-bond donors (Lipinski definition) is 0. The highest BCUT2D eigenvalue weighted by atomic mass is 79.9. The summed E-state index contributed by atoms with van der Waals surface area (Å²) in [7, 11) is -3.37. The predicted octanol–water partition coefficient (Wildman–Crippen LogP) is 3.88. The van der Waals surface area contributed by atoms with Crippen LogP contribution < -0.4 is 0 Å². The fraction of sp³-hybridized carbons (Fsp3) is 0.412. The summed E-state index contributed by atoms with van der Waals surface area (Å²) in [4.78, 5) is 0.515. The average Bonchev–Trinajstić information content (AvgIpc) is 3.06. The summed E-state index contributed by atoms with van der Waals surface area (Å²) >= 11 is 3.59. The molecule has 2 aromatic carbocycles. The second kappa shape index (κ2) is 5.32. The maximum absolute atomic E-state index is 13.1. The van der Waals surface area contributed by atoms with E-state index in [1.807, 2.05) is 6.07 Å². The van der Waals surface area contributed by atoms with Crippen LogP contribution in [0, 0.1) is 0 Å². The van der Waals surface area contributed by atoms with Gasteiger partial charge in [-0.15, -0.1) is 0 Å². The quantitative estimate of drug-likeness (QED) is 0.793. The molecule has 116 valence electrons. The molecule has 1 fully saturated rings. The Labute approximate surface area is 139 Å². The van der Waals surface area contributed by atoms with Crippen molar-refractivity contribution in [3.8, 4) is 0 Å². The van der Waals surface area contributed by atoms with Crippen LogP contribution in [0.1, 0.15) is 30.4 Å². The minimum atomic E-state index is -3.37. The van der Waals surface area contributed by atoms with Gasteiger partial charge in [0.25, 0.3) is 0 Å². The highest BCUT2D eigenvalue weighted by Crippen LogP contribution is 2.39. The van der Waals surface area contributed by atoms with Gasteiger partial charge in [-0.3, -0.25) is 0 Å². The van der Waals surface area contributed by atoms with E-state index in [1.165, 1.54) is 5.56 Å². The molecule has 0 N–H and O–H groups in total. The maximum Gasteiger partial charge on any atom is 0.243 e. The Bertz CT molecular complexity index is 855. The van der Waals surface area contributed by atoms with Crippen LogP contribution in [0.25, 0.3) is 10.8 Å². The zero-order valence-corrected chi connectivity index (χ0v) is 14.7. The Hall–Kier alpha value is -0.910. The third-order valence-corrected chi connectivity index (χ3v) is 7.44. The summed E-state index contributed by atoms with van der Waals surface area (Å²) < 4.78 is 28.6. The summed E-state index contributed by atoms with van der Waals surface area (Å²) in [6.07, 6.45) is 4.84. The highest BCUT2D eigenvalue weighted by molar-refractivity contribution is 9.10. The molecule has 0 spiro atoms. The molecule has 0 amide bonds. The predicted molar refractivity (Wildman–Crippen MR) is 91.7 cm³/mol. The van der Waals surface area contributed by atoms with E-state index in [2.05, 4.69) is 34.1 Å². The topological polar surface area (TPSA) is 37.4 Å². The van der Waals surface area contributed by atoms with Gasteiger partial charge in [0.15, 0.2) is 0 Å². The van der Waals surface area contributed by atoms with Crippen molar-refractivity contribution in [1.82, 2.24) is 4.31 Å². The van der Waals surface area contributed by atoms with Crippen LogP contribution in [0.5, 0.6) is 0 Å². The first-order valence-electron chi connectivity index (χ1n) is 7.82. The first-order chi connectivity index (χ1) is 10.6. The van der Waals surface area contributed by atoms with Crippen molar-refractivity contribution in [3.63, 3.8) is 0 Å². The van der Waals surface area contributed by atoms with Gasteiger partial charge in [-0.05, 0) is 60.1 Å². The van der Waals surface area contributed by atoms with E-state index in [9.17, 15) is 8.42 Å². The lowest BCUT2D eigenvalue weighted by molar-refractivity contribution is 0.476. The highest BCUT2D eigenvalue weighted by Gasteiger charge is 2.31. The third-order valence-electron chi connectivity index (χ3n) is 4.82. The van der Waals surface area contributed by atoms with Gasteiger partial charge in [0, 0.05) is 17.6 Å². The van der Waals surface area contributed by atoms with Crippen molar-refractivity contribution in [3.05, 3.63) is 39.9 Å². The van der Waals surface area contributed by atoms with E-state index in [4.69, 9.17) is 0 Å². The lowest BCUT2D eigenvalue weighted by atomic mass is 9.89. The normalized spacial score (nSPS) is 19.0. The van der Waals surface area contributed by atoms with Crippen molar-refractivity contribution in [2.75, 3.05) is 13.1 Å². The number of halogens is 1. The Morgan fingerprint density at radius 3 is 2.59 bits per heavy atom. The molecule has 2 aliphatic rings. The molecular weight excluding hydrogens is 362 g/mol. The summed E-state index contributed by atoms with van der Waals surface area (Å²) in [5.41, 5.74) is 2.30. The Balaban J connectivity index is 2.02. The van der Waals surface area contributed by atoms with Crippen LogP contribution in [-0.4, -0.2) is 25.8 Å². The number of hydrogen-bond acceptors (Lipinski definition) is 2. The summed E-state index contributed by atoms with van der Waals surface area (Å²) in [5.74, 6) is 0. The summed E-state index contributed by atoms with van der Waals surface area (Å²) in [6.45, 7) is 1.30. The molecular formula is C17H18BrNO2S. The Morgan fingerprint density at radius 2 is 1.82 bits per heavy atom. The molecule has 5 heteroatoms. The van der Waals surface area contributed by atoms with E-state index in [0.717, 1.165) is 52.9 Å². The number of benzene rings is 2. The van der Waals surface area contributed by atoms with E-state index in [-0.39, 0.29) is 0 Å². The first-order valence-corrected chi connectivity index (χ1v) is 10.1. The van der Waals surface area contributed by atoms with E-state index >= 15 is 0 Å². The zero-order valence-electron chi connectivity index (χ0n) is 12.3. The van der Waals surface area contributed by atoms with Gasteiger partial charge < -0.3 is 0 Å². The van der Waals surface area contributed by atoms with Crippen LogP contribution in [0.15, 0.2) is 33.6 Å². The molecule has 1 aliphatic carbocycles. The second-order valence-electron chi connectivity index (χ2n) is 6.14. The van der Waals surface area contributed by atoms with Crippen molar-refractivity contribution < 1.29 is 8.42 Å². The molecule has 1 saturated heterocycles. The third kappa shape index (κ3) is 2.14. The largest absolute Gasteiger partial charge is 0.243 e. The first kappa shape index (κ1) is 14.7. The van der Waals surface area contributed by atoms with Gasteiger partial charge >= 0.3 is 0 Å². The lowest BCUT2D eigenvalue weighted by Crippen LogP contribution is -2.29. The molecule has 2 aromatic rings. The van der Waals surface area contributed by atoms with Crippen LogP contribution in [0.2, 0.25) is 0 Å². The van der Waals surface area contributed by atoms with E-state index in [1.54, 1.807) is 4.31 Å². The second-order valence-corrected chi connectivity index (χ2v) is 8.90. The summed E-state index contributed by atoms with van der Waals surface area (Å²) in [5, 5.41) is 2.29. The molecule has 1 heterocycles. The SMILES string of the molecule is O=S(=O)(c1cc(Br)c2cccc3c2c1CCC3)N1CCCC1. The number of rotatable bonds is 2. The minimum Gasteiger partial charge on any atom is -0.207 e. The van der Waals surface area contributed by atoms with Crippen LogP contribution in [0.4, 0.5) is 0 Å². The van der Waals surface area contributed by atoms with Crippen molar-refractivity contribution in [2.45, 2.75) is 37.0 Å². The van der Waals surface area contributed by atoms with Crippen molar-refractivity contribution in [2.24, 2.45) is 0 Å². The van der Waals surface area contributed by atoms with Gasteiger partial charge in [0.05, 0.1) is 4.90 Å². The lowest BCUT2D eigenvalue weighted by Gasteiger charge is -2.24.